The van der Waals surface area contributed by atoms with Crippen molar-refractivity contribution < 1.29 is 29.6 Å². The summed E-state index contributed by atoms with van der Waals surface area (Å²) < 4.78 is 5.83. The van der Waals surface area contributed by atoms with Gasteiger partial charge in [0.25, 0.3) is 0 Å². The second-order valence-corrected chi connectivity index (χ2v) is 13.0. The van der Waals surface area contributed by atoms with Crippen LogP contribution in [0.5, 0.6) is 0 Å². The third-order valence-corrected chi connectivity index (χ3v) is 10.8. The maximum atomic E-state index is 12.5. The largest absolute Gasteiger partial charge is 0.478 e. The predicted octanol–water partition coefficient (Wildman–Crippen LogP) is 5.28. The number of carbonyl (C=O) groups is 2. The Balaban J connectivity index is 1.77. The van der Waals surface area contributed by atoms with Gasteiger partial charge in [-0.15, -0.1) is 0 Å². The number of hydrogen-bond acceptors (Lipinski definition) is 5. The van der Waals surface area contributed by atoms with E-state index >= 15 is 0 Å². The van der Waals surface area contributed by atoms with E-state index in [2.05, 4.69) is 20.8 Å². The molecule has 4 aliphatic carbocycles. The molecule has 3 unspecified atom stereocenters. The normalized spacial score (nSPS) is 45.1. The van der Waals surface area contributed by atoms with Crippen LogP contribution in [0.1, 0.15) is 92.9 Å². The fourth-order valence-corrected chi connectivity index (χ4v) is 9.24. The third kappa shape index (κ3) is 4.47. The lowest BCUT2D eigenvalue weighted by atomic mass is 9.42. The summed E-state index contributed by atoms with van der Waals surface area (Å²) in [6.45, 7) is 12.1. The summed E-state index contributed by atoms with van der Waals surface area (Å²) >= 11 is 0. The minimum absolute atomic E-state index is 0.0581. The highest BCUT2D eigenvalue weighted by Gasteiger charge is 2.66. The van der Waals surface area contributed by atoms with E-state index in [1.807, 2.05) is 19.9 Å². The molecule has 0 aromatic heterocycles. The van der Waals surface area contributed by atoms with Crippen LogP contribution in [0.15, 0.2) is 22.8 Å². The zero-order chi connectivity index (χ0) is 26.6. The Bertz CT molecular complexity index is 947. The smallest absolute Gasteiger partial charge is 0.331 e. The molecule has 0 amide bonds. The summed E-state index contributed by atoms with van der Waals surface area (Å²) in [5, 5.41) is 32.6. The molecule has 10 atom stereocenters. The fourth-order valence-electron chi connectivity index (χ4n) is 9.24. The van der Waals surface area contributed by atoms with Crippen molar-refractivity contribution in [2.24, 2.45) is 40.4 Å². The van der Waals surface area contributed by atoms with E-state index in [0.29, 0.717) is 37.2 Å². The predicted molar refractivity (Wildman–Crippen MR) is 138 cm³/mol. The zero-order valence-corrected chi connectivity index (χ0v) is 22.9. The van der Waals surface area contributed by atoms with Gasteiger partial charge in [0.2, 0.25) is 0 Å². The van der Waals surface area contributed by atoms with Crippen LogP contribution in [0.4, 0.5) is 0 Å². The van der Waals surface area contributed by atoms with E-state index < -0.39 is 24.1 Å². The summed E-state index contributed by atoms with van der Waals surface area (Å²) in [5.74, 6) is -0.558. The van der Waals surface area contributed by atoms with Crippen LogP contribution in [0.3, 0.4) is 0 Å². The second kappa shape index (κ2) is 9.90. The molecule has 202 valence electrons. The molecule has 4 rings (SSSR count). The van der Waals surface area contributed by atoms with E-state index in [1.165, 1.54) is 6.92 Å². The maximum absolute atomic E-state index is 12.5. The number of aliphatic hydroxyl groups excluding tert-OH is 2. The van der Waals surface area contributed by atoms with Crippen LogP contribution in [0.2, 0.25) is 0 Å². The molecule has 0 aliphatic heterocycles. The summed E-state index contributed by atoms with van der Waals surface area (Å²) in [6, 6.07) is 0. The van der Waals surface area contributed by atoms with Gasteiger partial charge in [-0.1, -0.05) is 32.4 Å². The van der Waals surface area contributed by atoms with Crippen molar-refractivity contribution in [2.45, 2.75) is 111 Å². The molecule has 0 heterocycles. The summed E-state index contributed by atoms with van der Waals surface area (Å²) in [5.41, 5.74) is 1.93. The van der Waals surface area contributed by atoms with Gasteiger partial charge in [-0.25, -0.2) is 4.79 Å². The molecule has 6 heteroatoms. The maximum Gasteiger partial charge on any atom is 0.331 e. The highest BCUT2D eigenvalue weighted by molar-refractivity contribution is 5.88. The first-order valence-electron chi connectivity index (χ1n) is 13.9. The minimum atomic E-state index is -0.948. The monoisotopic (exact) mass is 502 g/mol. The molecule has 4 fully saturated rings. The van der Waals surface area contributed by atoms with E-state index in [4.69, 9.17) is 4.74 Å². The molecule has 4 aliphatic rings. The fraction of sp³-hybridized carbons (Fsp3) is 0.800. The number of carboxylic acids is 1. The number of carboxylic acid groups (broad SMARTS) is 1. The Kier molecular flexibility index (Phi) is 7.53. The standard InChI is InChI=1S/C30H46O6/c1-16(2)8-7-9-19(28(34)35)26-22-14-24(33)27-21(30(22,6)15-25(26)36-18(4)31)11-10-20-17(3)23(32)12-13-29(20,27)5/h8,17,20-25,27,32-33H,7,9-15H2,1-6H3,(H,34,35)/t17-,20-,21?,22-,23+,24+,25?,27?,29-,30+/m0/s1. The molecule has 4 saturated carbocycles. The molecule has 0 aromatic rings. The van der Waals surface area contributed by atoms with Crippen LogP contribution >= 0.6 is 0 Å². The molecule has 0 bridgehead atoms. The topological polar surface area (TPSA) is 104 Å². The van der Waals surface area contributed by atoms with Gasteiger partial charge >= 0.3 is 11.9 Å². The van der Waals surface area contributed by atoms with Gasteiger partial charge < -0.3 is 20.1 Å². The van der Waals surface area contributed by atoms with Crippen LogP contribution in [-0.4, -0.2) is 45.6 Å². The number of esters is 1. The Morgan fingerprint density at radius 1 is 1.03 bits per heavy atom. The van der Waals surface area contributed by atoms with Crippen molar-refractivity contribution in [1.82, 2.24) is 0 Å². The van der Waals surface area contributed by atoms with Gasteiger partial charge in [0, 0.05) is 12.5 Å². The quantitative estimate of drug-likeness (QED) is 0.269. The third-order valence-electron chi connectivity index (χ3n) is 10.8. The van der Waals surface area contributed by atoms with Crippen molar-refractivity contribution in [3.63, 3.8) is 0 Å². The lowest BCUT2D eigenvalue weighted by Crippen LogP contribution is -2.61. The highest BCUT2D eigenvalue weighted by atomic mass is 16.5. The van der Waals surface area contributed by atoms with Crippen molar-refractivity contribution in [3.05, 3.63) is 22.8 Å². The molecule has 6 nitrogen and oxygen atoms in total. The van der Waals surface area contributed by atoms with Crippen LogP contribution < -0.4 is 0 Å². The average Bonchev–Trinajstić information content (AvgIpc) is 3.04. The van der Waals surface area contributed by atoms with E-state index in [-0.39, 0.29) is 40.6 Å². The Labute approximate surface area is 216 Å². The SMILES string of the molecule is CC(=O)OC1C[C@]2(C)C3CC[C@H]4[C@H](C)[C@H](O)CC[C@]4(C)C3[C@H](O)C[C@H]2C1=C(CCC=C(C)C)C(=O)O. The van der Waals surface area contributed by atoms with Crippen molar-refractivity contribution in [3.8, 4) is 0 Å². The number of rotatable bonds is 5. The summed E-state index contributed by atoms with van der Waals surface area (Å²) in [6.07, 6.45) is 6.42. The number of allylic oxidation sites excluding steroid dienone is 2. The Morgan fingerprint density at radius 2 is 1.69 bits per heavy atom. The van der Waals surface area contributed by atoms with Crippen molar-refractivity contribution in [2.75, 3.05) is 0 Å². The molecule has 0 saturated heterocycles. The van der Waals surface area contributed by atoms with Gasteiger partial charge in [0.05, 0.1) is 12.2 Å². The van der Waals surface area contributed by atoms with Crippen LogP contribution in [0.25, 0.3) is 0 Å². The number of hydrogen-bond donors (Lipinski definition) is 3. The van der Waals surface area contributed by atoms with Gasteiger partial charge in [0.15, 0.2) is 0 Å². The number of fused-ring (bicyclic) bond motifs is 5. The number of carbonyl (C=O) groups excluding carboxylic acids is 1. The Morgan fingerprint density at radius 3 is 2.31 bits per heavy atom. The second-order valence-electron chi connectivity index (χ2n) is 13.0. The van der Waals surface area contributed by atoms with Gasteiger partial charge in [-0.05, 0) is 111 Å². The highest BCUT2D eigenvalue weighted by Crippen LogP contribution is 2.69. The minimum Gasteiger partial charge on any atom is -0.478 e. The lowest BCUT2D eigenvalue weighted by molar-refractivity contribution is -0.191. The molecule has 0 radical (unpaired) electrons. The van der Waals surface area contributed by atoms with Crippen molar-refractivity contribution >= 4 is 11.9 Å². The van der Waals surface area contributed by atoms with E-state index in [1.54, 1.807) is 0 Å². The first-order valence-corrected chi connectivity index (χ1v) is 13.9. The lowest BCUT2D eigenvalue weighted by Gasteiger charge is -2.64. The van der Waals surface area contributed by atoms with E-state index in [0.717, 1.165) is 36.8 Å². The molecule has 3 N–H and O–H groups in total. The number of aliphatic carboxylic acids is 1. The molecule has 0 aromatic carbocycles. The first kappa shape index (κ1) is 27.4. The summed E-state index contributed by atoms with van der Waals surface area (Å²) in [7, 11) is 0. The van der Waals surface area contributed by atoms with Crippen LogP contribution in [-0.2, 0) is 14.3 Å². The zero-order valence-electron chi connectivity index (χ0n) is 22.9. The molecular formula is C30H46O6. The van der Waals surface area contributed by atoms with Crippen LogP contribution in [0, 0.1) is 40.4 Å². The van der Waals surface area contributed by atoms with Crippen molar-refractivity contribution in [1.29, 1.82) is 0 Å². The average molecular weight is 503 g/mol. The molecule has 0 spiro atoms. The number of ether oxygens (including phenoxy) is 1. The Hall–Kier alpha value is -1.66. The van der Waals surface area contributed by atoms with Gasteiger partial charge in [-0.3, -0.25) is 4.79 Å². The molecule has 36 heavy (non-hydrogen) atoms. The van der Waals surface area contributed by atoms with Gasteiger partial charge in [-0.2, -0.15) is 0 Å². The van der Waals surface area contributed by atoms with Gasteiger partial charge in [0.1, 0.15) is 6.10 Å². The number of aliphatic hydroxyl groups is 2. The van der Waals surface area contributed by atoms with E-state index in [9.17, 15) is 24.9 Å². The summed E-state index contributed by atoms with van der Waals surface area (Å²) in [4.78, 5) is 24.7. The molecular weight excluding hydrogens is 456 g/mol. The first-order chi connectivity index (χ1) is 16.8.